The fourth-order valence-corrected chi connectivity index (χ4v) is 3.33. The van der Waals surface area contributed by atoms with Crippen LogP contribution in [0.2, 0.25) is 0 Å². The molecule has 0 aromatic carbocycles. The summed E-state index contributed by atoms with van der Waals surface area (Å²) < 4.78 is 6.89. The quantitative estimate of drug-likeness (QED) is 0.625. The molecule has 120 valence electrons. The van der Waals surface area contributed by atoms with Crippen LogP contribution >= 0.6 is 23.1 Å². The maximum Gasteiger partial charge on any atom is 0.230 e. The molecule has 0 atom stereocenters. The van der Waals surface area contributed by atoms with Crippen LogP contribution < -0.4 is 5.32 Å². The van der Waals surface area contributed by atoms with Gasteiger partial charge in [-0.3, -0.25) is 4.79 Å². The molecule has 3 aromatic heterocycles. The molecule has 3 rings (SSSR count). The molecular weight excluding hydrogens is 334 g/mol. The number of carbonyl (C=O) groups excluding carboxylic acids is 1. The second kappa shape index (κ2) is 7.93. The van der Waals surface area contributed by atoms with Gasteiger partial charge in [-0.2, -0.15) is 0 Å². The third-order valence-electron chi connectivity index (χ3n) is 2.99. The summed E-state index contributed by atoms with van der Waals surface area (Å²) in [5.41, 5.74) is 0. The van der Waals surface area contributed by atoms with Gasteiger partial charge in [-0.25, -0.2) is 4.68 Å². The van der Waals surface area contributed by atoms with Crippen LogP contribution in [0.1, 0.15) is 10.6 Å². The van der Waals surface area contributed by atoms with Crippen LogP contribution in [0.3, 0.4) is 0 Å². The van der Waals surface area contributed by atoms with Gasteiger partial charge < -0.3 is 9.73 Å². The Bertz CT molecular complexity index is 724. The van der Waals surface area contributed by atoms with Gasteiger partial charge in [-0.1, -0.05) is 17.8 Å². The molecule has 3 aromatic rings. The van der Waals surface area contributed by atoms with Crippen molar-refractivity contribution in [3.63, 3.8) is 0 Å². The number of rotatable bonds is 8. The van der Waals surface area contributed by atoms with Crippen LogP contribution in [-0.4, -0.2) is 38.4 Å². The molecule has 0 fully saturated rings. The number of hydrogen-bond acceptors (Lipinski definition) is 7. The van der Waals surface area contributed by atoms with E-state index < -0.39 is 0 Å². The predicted octanol–water partition coefficient (Wildman–Crippen LogP) is 1.83. The largest absolute Gasteiger partial charge is 0.467 e. The molecule has 0 aliphatic carbocycles. The molecule has 1 amide bonds. The summed E-state index contributed by atoms with van der Waals surface area (Å²) in [5.74, 6) is 1.02. The van der Waals surface area contributed by atoms with Gasteiger partial charge in [0.15, 0.2) is 0 Å². The minimum atomic E-state index is -0.0286. The van der Waals surface area contributed by atoms with Gasteiger partial charge in [0.25, 0.3) is 0 Å². The topological polar surface area (TPSA) is 85.8 Å². The number of furan rings is 1. The third kappa shape index (κ3) is 4.67. The van der Waals surface area contributed by atoms with Crippen LogP contribution in [0, 0.1) is 0 Å². The number of nitrogens with one attached hydrogen (secondary N) is 1. The molecule has 9 heteroatoms. The number of amides is 1. The molecule has 0 aliphatic rings. The third-order valence-corrected chi connectivity index (χ3v) is 4.88. The highest BCUT2D eigenvalue weighted by molar-refractivity contribution is 7.99. The Kier molecular flexibility index (Phi) is 5.43. The molecule has 0 saturated heterocycles. The summed E-state index contributed by atoms with van der Waals surface area (Å²) in [6, 6.07) is 7.74. The summed E-state index contributed by atoms with van der Waals surface area (Å²) in [7, 11) is 0. The first-order chi connectivity index (χ1) is 11.3. The van der Waals surface area contributed by atoms with Gasteiger partial charge in [-0.15, -0.1) is 16.4 Å². The monoisotopic (exact) mass is 349 g/mol. The van der Waals surface area contributed by atoms with Crippen molar-refractivity contribution in [2.75, 3.05) is 12.3 Å². The average molecular weight is 349 g/mol. The number of tetrazole rings is 1. The Morgan fingerprint density at radius 3 is 3.13 bits per heavy atom. The number of thiophene rings is 1. The predicted molar refractivity (Wildman–Crippen MR) is 87.4 cm³/mol. The van der Waals surface area contributed by atoms with Gasteiger partial charge in [0.1, 0.15) is 12.3 Å². The summed E-state index contributed by atoms with van der Waals surface area (Å²) in [5, 5.41) is 17.0. The lowest BCUT2D eigenvalue weighted by Gasteiger charge is -2.04. The Morgan fingerprint density at radius 2 is 2.35 bits per heavy atom. The molecule has 0 saturated carbocycles. The molecule has 0 unspecified atom stereocenters. The number of hydrogen-bond donors (Lipinski definition) is 1. The number of carbonyl (C=O) groups is 1. The van der Waals surface area contributed by atoms with E-state index in [1.54, 1.807) is 22.3 Å². The normalized spacial score (nSPS) is 10.8. The van der Waals surface area contributed by atoms with Crippen molar-refractivity contribution in [3.8, 4) is 0 Å². The smallest absolute Gasteiger partial charge is 0.230 e. The summed E-state index contributed by atoms with van der Waals surface area (Å²) in [6.07, 6.45) is 2.46. The minimum absolute atomic E-state index is 0.0286. The maximum absolute atomic E-state index is 11.9. The van der Waals surface area contributed by atoms with Crippen molar-refractivity contribution in [3.05, 3.63) is 46.5 Å². The van der Waals surface area contributed by atoms with Crippen molar-refractivity contribution in [2.45, 2.75) is 18.1 Å². The first kappa shape index (κ1) is 15.8. The molecule has 1 N–H and O–H groups in total. The van der Waals surface area contributed by atoms with Gasteiger partial charge in [0.05, 0.1) is 12.0 Å². The Morgan fingerprint density at radius 1 is 1.39 bits per heavy atom. The van der Waals surface area contributed by atoms with E-state index in [2.05, 4.69) is 26.9 Å². The van der Waals surface area contributed by atoms with Crippen molar-refractivity contribution in [2.24, 2.45) is 0 Å². The van der Waals surface area contributed by atoms with Gasteiger partial charge in [0, 0.05) is 11.4 Å². The SMILES string of the molecule is O=C(CSc1nnnn1Cc1ccco1)NCCc1cccs1. The van der Waals surface area contributed by atoms with Crippen LogP contribution in [0.25, 0.3) is 0 Å². The van der Waals surface area contributed by atoms with Crippen molar-refractivity contribution >= 4 is 29.0 Å². The first-order valence-electron chi connectivity index (χ1n) is 7.01. The van der Waals surface area contributed by atoms with Crippen molar-refractivity contribution < 1.29 is 9.21 Å². The lowest BCUT2D eigenvalue weighted by molar-refractivity contribution is -0.118. The summed E-state index contributed by atoms with van der Waals surface area (Å²) in [6.45, 7) is 1.08. The lowest BCUT2D eigenvalue weighted by atomic mass is 10.3. The second-order valence-electron chi connectivity index (χ2n) is 4.67. The van der Waals surface area contributed by atoms with E-state index in [-0.39, 0.29) is 11.7 Å². The molecule has 7 nitrogen and oxygen atoms in total. The molecule has 3 heterocycles. The zero-order chi connectivity index (χ0) is 15.9. The van der Waals surface area contributed by atoms with Gasteiger partial charge >= 0.3 is 0 Å². The van der Waals surface area contributed by atoms with Crippen LogP contribution in [-0.2, 0) is 17.8 Å². The van der Waals surface area contributed by atoms with Crippen LogP contribution in [0.4, 0.5) is 0 Å². The summed E-state index contributed by atoms with van der Waals surface area (Å²) >= 11 is 3.00. The fraction of sp³-hybridized carbons (Fsp3) is 0.286. The number of thioether (sulfide) groups is 1. The average Bonchev–Trinajstić information content (AvgIpc) is 3.29. The van der Waals surface area contributed by atoms with Crippen LogP contribution in [0.5, 0.6) is 0 Å². The highest BCUT2D eigenvalue weighted by Gasteiger charge is 2.11. The molecular formula is C14H15N5O2S2. The highest BCUT2D eigenvalue weighted by atomic mass is 32.2. The maximum atomic E-state index is 11.9. The minimum Gasteiger partial charge on any atom is -0.467 e. The van der Waals surface area contributed by atoms with E-state index in [1.807, 2.05) is 23.6 Å². The standard InChI is InChI=1S/C14H15N5O2S2/c20-13(15-6-5-12-4-2-8-22-12)10-23-14-16-17-18-19(14)9-11-3-1-7-21-11/h1-4,7-8H,5-6,9-10H2,(H,15,20). The zero-order valence-electron chi connectivity index (χ0n) is 12.2. The van der Waals surface area contributed by atoms with E-state index in [4.69, 9.17) is 4.42 Å². The second-order valence-corrected chi connectivity index (χ2v) is 6.64. The van der Waals surface area contributed by atoms with E-state index >= 15 is 0 Å². The fourth-order valence-electron chi connectivity index (χ4n) is 1.91. The molecule has 0 aliphatic heterocycles. The van der Waals surface area contributed by atoms with E-state index in [9.17, 15) is 4.79 Å². The van der Waals surface area contributed by atoms with Crippen molar-refractivity contribution in [1.82, 2.24) is 25.5 Å². The highest BCUT2D eigenvalue weighted by Crippen LogP contribution is 2.15. The van der Waals surface area contributed by atoms with Gasteiger partial charge in [-0.05, 0) is 40.4 Å². The first-order valence-corrected chi connectivity index (χ1v) is 8.88. The molecule has 0 spiro atoms. The summed E-state index contributed by atoms with van der Waals surface area (Å²) in [4.78, 5) is 13.1. The Balaban J connectivity index is 1.43. The zero-order valence-corrected chi connectivity index (χ0v) is 13.8. The molecule has 0 bridgehead atoms. The van der Waals surface area contributed by atoms with E-state index in [0.717, 1.165) is 12.2 Å². The molecule has 23 heavy (non-hydrogen) atoms. The van der Waals surface area contributed by atoms with E-state index in [0.29, 0.717) is 18.2 Å². The van der Waals surface area contributed by atoms with Gasteiger partial charge in [0.2, 0.25) is 11.1 Å². The Hall–Kier alpha value is -2.13. The van der Waals surface area contributed by atoms with Crippen molar-refractivity contribution in [1.29, 1.82) is 0 Å². The number of aromatic nitrogens is 4. The molecule has 0 radical (unpaired) electrons. The lowest BCUT2D eigenvalue weighted by Crippen LogP contribution is -2.27. The number of nitrogens with zero attached hydrogens (tertiary/aromatic N) is 4. The Labute approximate surface area is 141 Å². The van der Waals surface area contributed by atoms with Crippen LogP contribution in [0.15, 0.2) is 45.5 Å². The van der Waals surface area contributed by atoms with E-state index in [1.165, 1.54) is 16.6 Å².